The highest BCUT2D eigenvalue weighted by Gasteiger charge is 2.35. The molecule has 0 atom stereocenters. The minimum absolute atomic E-state index is 0.116. The zero-order valence-electron chi connectivity index (χ0n) is 15.1. The number of carbonyl (C=O) groups is 2. The summed E-state index contributed by atoms with van der Waals surface area (Å²) in [6.45, 7) is 6.78. The third-order valence-electron chi connectivity index (χ3n) is 4.59. The van der Waals surface area contributed by atoms with Gasteiger partial charge in [0.1, 0.15) is 11.4 Å². The summed E-state index contributed by atoms with van der Waals surface area (Å²) < 4.78 is 33.1. The summed E-state index contributed by atoms with van der Waals surface area (Å²) in [5.74, 6) is 0.318. The van der Waals surface area contributed by atoms with Crippen LogP contribution in [-0.4, -0.2) is 68.3 Å². The average molecular weight is 381 g/mol. The predicted molar refractivity (Wildman–Crippen MR) is 95.6 cm³/mol. The van der Waals surface area contributed by atoms with Crippen LogP contribution >= 0.6 is 0 Å². The van der Waals surface area contributed by atoms with Gasteiger partial charge in [-0.25, -0.2) is 8.42 Å². The quantitative estimate of drug-likeness (QED) is 0.719. The van der Waals surface area contributed by atoms with E-state index in [1.165, 1.54) is 23.4 Å². The van der Waals surface area contributed by atoms with E-state index in [-0.39, 0.29) is 23.9 Å². The summed E-state index contributed by atoms with van der Waals surface area (Å²) in [7, 11) is -3.71. The number of amides is 2. The van der Waals surface area contributed by atoms with Gasteiger partial charge in [-0.15, -0.1) is 0 Å². The van der Waals surface area contributed by atoms with Gasteiger partial charge in [-0.3, -0.25) is 9.59 Å². The maximum Gasteiger partial charge on any atom is 0.243 e. The maximum absolute atomic E-state index is 12.9. The molecule has 0 spiro atoms. The molecule has 0 unspecified atom stereocenters. The molecule has 0 aliphatic carbocycles. The van der Waals surface area contributed by atoms with E-state index in [4.69, 9.17) is 4.74 Å². The fourth-order valence-corrected chi connectivity index (χ4v) is 4.67. The van der Waals surface area contributed by atoms with Crippen molar-refractivity contribution in [3.63, 3.8) is 0 Å². The van der Waals surface area contributed by atoms with E-state index < -0.39 is 15.6 Å². The molecule has 0 N–H and O–H groups in total. The summed E-state index contributed by atoms with van der Waals surface area (Å²) >= 11 is 0. The monoisotopic (exact) mass is 381 g/mol. The number of sulfonamides is 1. The molecule has 3 rings (SSSR count). The first-order valence-electron chi connectivity index (χ1n) is 8.45. The van der Waals surface area contributed by atoms with E-state index in [1.807, 2.05) is 13.8 Å². The Kier molecular flexibility index (Phi) is 4.70. The predicted octanol–water partition coefficient (Wildman–Crippen LogP) is 0.673. The molecule has 0 saturated carbocycles. The van der Waals surface area contributed by atoms with Gasteiger partial charge in [-0.1, -0.05) is 0 Å². The molecule has 1 aromatic carbocycles. The van der Waals surface area contributed by atoms with Gasteiger partial charge in [0.05, 0.1) is 17.1 Å². The topological polar surface area (TPSA) is 87.2 Å². The lowest BCUT2D eigenvalue weighted by Gasteiger charge is -2.39. The second-order valence-electron chi connectivity index (χ2n) is 7.14. The first-order valence-corrected chi connectivity index (χ1v) is 9.89. The smallest absolute Gasteiger partial charge is 0.243 e. The molecule has 0 bridgehead atoms. The molecule has 2 amide bonds. The van der Waals surface area contributed by atoms with E-state index in [0.29, 0.717) is 31.1 Å². The van der Waals surface area contributed by atoms with Crippen molar-refractivity contribution in [3.8, 4) is 5.75 Å². The minimum Gasteiger partial charge on any atom is -0.484 e. The van der Waals surface area contributed by atoms with Gasteiger partial charge in [0.15, 0.2) is 0 Å². The molecule has 2 aliphatic rings. The number of anilines is 1. The van der Waals surface area contributed by atoms with Crippen LogP contribution in [0.2, 0.25) is 0 Å². The Morgan fingerprint density at radius 2 is 1.85 bits per heavy atom. The Bertz CT molecular complexity index is 829. The second-order valence-corrected chi connectivity index (χ2v) is 9.08. The van der Waals surface area contributed by atoms with Crippen molar-refractivity contribution in [2.45, 2.75) is 31.3 Å². The number of benzene rings is 1. The molecule has 142 valence electrons. The Morgan fingerprint density at radius 1 is 1.19 bits per heavy atom. The second kappa shape index (κ2) is 6.55. The highest BCUT2D eigenvalue weighted by Crippen LogP contribution is 2.39. The summed E-state index contributed by atoms with van der Waals surface area (Å²) in [6.07, 6.45) is 0.729. The Morgan fingerprint density at radius 3 is 2.42 bits per heavy atom. The van der Waals surface area contributed by atoms with Gasteiger partial charge in [0.25, 0.3) is 0 Å². The van der Waals surface area contributed by atoms with Gasteiger partial charge < -0.3 is 14.5 Å². The Balaban J connectivity index is 1.94. The molecule has 2 aliphatic heterocycles. The maximum atomic E-state index is 12.9. The number of hydrogen-bond acceptors (Lipinski definition) is 5. The van der Waals surface area contributed by atoms with Crippen LogP contribution in [0.5, 0.6) is 5.75 Å². The summed E-state index contributed by atoms with van der Waals surface area (Å²) in [6, 6.07) is 4.59. The zero-order valence-corrected chi connectivity index (χ0v) is 16.0. The average Bonchev–Trinajstić information content (AvgIpc) is 2.59. The molecule has 0 aromatic heterocycles. The van der Waals surface area contributed by atoms with Gasteiger partial charge in [-0.05, 0) is 32.0 Å². The van der Waals surface area contributed by atoms with E-state index in [0.717, 1.165) is 6.41 Å². The standard InChI is InChI=1S/C17H23N3O5S/c1-13(22)20-11-17(2,3)25-16-5-4-14(10-15(16)20)26(23,24)19-8-6-18(12-21)7-9-19/h4-5,10,12H,6-9,11H2,1-3H3. The van der Waals surface area contributed by atoms with Crippen molar-refractivity contribution in [2.24, 2.45) is 0 Å². The van der Waals surface area contributed by atoms with Crippen LogP contribution in [0.3, 0.4) is 0 Å². The molecule has 1 saturated heterocycles. The van der Waals surface area contributed by atoms with E-state index >= 15 is 0 Å². The van der Waals surface area contributed by atoms with Crippen molar-refractivity contribution in [1.29, 1.82) is 0 Å². The van der Waals surface area contributed by atoms with Crippen molar-refractivity contribution < 1.29 is 22.7 Å². The van der Waals surface area contributed by atoms with Crippen molar-refractivity contribution >= 4 is 28.0 Å². The van der Waals surface area contributed by atoms with Gasteiger partial charge in [0.2, 0.25) is 22.3 Å². The van der Waals surface area contributed by atoms with Crippen molar-refractivity contribution in [1.82, 2.24) is 9.21 Å². The van der Waals surface area contributed by atoms with E-state index in [1.54, 1.807) is 15.9 Å². The molecule has 1 fully saturated rings. The zero-order chi connectivity index (χ0) is 19.1. The summed E-state index contributed by atoms with van der Waals surface area (Å²) in [5, 5.41) is 0. The first kappa shape index (κ1) is 18.7. The Labute approximate surface area is 153 Å². The first-order chi connectivity index (χ1) is 12.1. The van der Waals surface area contributed by atoms with Crippen LogP contribution in [0, 0.1) is 0 Å². The van der Waals surface area contributed by atoms with Gasteiger partial charge >= 0.3 is 0 Å². The molecular formula is C17H23N3O5S. The third-order valence-corrected chi connectivity index (χ3v) is 6.48. The SMILES string of the molecule is CC(=O)N1CC(C)(C)Oc2ccc(S(=O)(=O)N3CCN(C=O)CC3)cc21. The molecular weight excluding hydrogens is 358 g/mol. The number of ether oxygens (including phenoxy) is 1. The third kappa shape index (κ3) is 3.41. The number of piperazine rings is 1. The van der Waals surface area contributed by atoms with Gasteiger partial charge in [0, 0.05) is 33.1 Å². The lowest BCUT2D eigenvalue weighted by molar-refractivity contribution is -0.119. The highest BCUT2D eigenvalue weighted by atomic mass is 32.2. The largest absolute Gasteiger partial charge is 0.484 e. The molecule has 2 heterocycles. The van der Waals surface area contributed by atoms with Crippen LogP contribution in [0.15, 0.2) is 23.1 Å². The van der Waals surface area contributed by atoms with Crippen LogP contribution in [0.4, 0.5) is 5.69 Å². The summed E-state index contributed by atoms with van der Waals surface area (Å²) in [4.78, 5) is 26.1. The highest BCUT2D eigenvalue weighted by molar-refractivity contribution is 7.89. The number of fused-ring (bicyclic) bond motifs is 1. The van der Waals surface area contributed by atoms with Crippen LogP contribution < -0.4 is 9.64 Å². The number of nitrogens with zero attached hydrogens (tertiary/aromatic N) is 3. The molecule has 8 nitrogen and oxygen atoms in total. The van der Waals surface area contributed by atoms with Crippen LogP contribution in [0.1, 0.15) is 20.8 Å². The minimum atomic E-state index is -3.71. The lowest BCUT2D eigenvalue weighted by atomic mass is 10.1. The number of carbonyl (C=O) groups excluding carboxylic acids is 2. The van der Waals surface area contributed by atoms with Crippen molar-refractivity contribution in [2.75, 3.05) is 37.6 Å². The normalized spacial score (nSPS) is 20.3. The van der Waals surface area contributed by atoms with E-state index in [2.05, 4.69) is 0 Å². The van der Waals surface area contributed by atoms with Crippen LogP contribution in [-0.2, 0) is 19.6 Å². The van der Waals surface area contributed by atoms with Gasteiger partial charge in [-0.2, -0.15) is 4.31 Å². The Hall–Kier alpha value is -2.13. The number of rotatable bonds is 3. The molecule has 9 heteroatoms. The fraction of sp³-hybridized carbons (Fsp3) is 0.529. The van der Waals surface area contributed by atoms with Crippen LogP contribution in [0.25, 0.3) is 0 Å². The number of hydrogen-bond donors (Lipinski definition) is 0. The molecule has 1 aromatic rings. The molecule has 26 heavy (non-hydrogen) atoms. The van der Waals surface area contributed by atoms with E-state index in [9.17, 15) is 18.0 Å². The van der Waals surface area contributed by atoms with Crippen molar-refractivity contribution in [3.05, 3.63) is 18.2 Å². The fourth-order valence-electron chi connectivity index (χ4n) is 3.23. The lowest BCUT2D eigenvalue weighted by Crippen LogP contribution is -2.49. The summed E-state index contributed by atoms with van der Waals surface area (Å²) in [5.41, 5.74) is -0.0889. The molecule has 0 radical (unpaired) electrons.